The molecule has 0 aromatic heterocycles. The van der Waals surface area contributed by atoms with Gasteiger partial charge in [0, 0.05) is 11.6 Å². The van der Waals surface area contributed by atoms with Crippen LogP contribution >= 0.6 is 11.8 Å². The first kappa shape index (κ1) is 18.7. The minimum Gasteiger partial charge on any atom is -0.502 e. The molecule has 0 saturated carbocycles. The highest BCUT2D eigenvalue weighted by Gasteiger charge is 2.35. The number of carbonyl (C=O) groups is 2. The van der Waals surface area contributed by atoms with E-state index in [0.717, 1.165) is 39.1 Å². The summed E-state index contributed by atoms with van der Waals surface area (Å²) in [5.74, 6) is -1.04. The first-order chi connectivity index (χ1) is 13.9. The zero-order valence-electron chi connectivity index (χ0n) is 14.9. The van der Waals surface area contributed by atoms with Crippen LogP contribution in [0.4, 0.5) is 10.5 Å². The third-order valence-corrected chi connectivity index (χ3v) is 5.46. The molecule has 1 N–H and O–H groups in total. The lowest BCUT2D eigenvalue weighted by molar-refractivity contribution is -0.385. The predicted molar refractivity (Wildman–Crippen MR) is 110 cm³/mol. The van der Waals surface area contributed by atoms with Gasteiger partial charge in [0.2, 0.25) is 5.75 Å². The van der Waals surface area contributed by atoms with E-state index in [1.165, 1.54) is 18.2 Å². The lowest BCUT2D eigenvalue weighted by Crippen LogP contribution is -2.27. The number of amides is 2. The summed E-state index contributed by atoms with van der Waals surface area (Å²) in [6.07, 6.45) is 1.30. The summed E-state index contributed by atoms with van der Waals surface area (Å²) in [5, 5.41) is 22.7. The highest BCUT2D eigenvalue weighted by molar-refractivity contribution is 8.18. The van der Waals surface area contributed by atoms with Crippen LogP contribution < -0.4 is 0 Å². The number of nitro benzene ring substituents is 1. The fraction of sp³-hybridized carbons (Fsp3) is 0.0476. The van der Waals surface area contributed by atoms with Gasteiger partial charge < -0.3 is 5.11 Å². The molecule has 4 rings (SSSR count). The molecule has 1 saturated heterocycles. The summed E-state index contributed by atoms with van der Waals surface area (Å²) in [4.78, 5) is 36.6. The van der Waals surface area contributed by atoms with E-state index in [-0.39, 0.29) is 17.0 Å². The fourth-order valence-electron chi connectivity index (χ4n) is 3.11. The molecule has 0 unspecified atom stereocenters. The Morgan fingerprint density at radius 3 is 2.55 bits per heavy atom. The van der Waals surface area contributed by atoms with Crippen molar-refractivity contribution >= 4 is 45.4 Å². The molecule has 1 aliphatic heterocycles. The third kappa shape index (κ3) is 3.57. The number of carbonyl (C=O) groups excluding carboxylic acids is 2. The van der Waals surface area contributed by atoms with E-state index in [4.69, 9.17) is 0 Å². The molecule has 0 aliphatic carbocycles. The lowest BCUT2D eigenvalue weighted by Gasteiger charge is -2.13. The average molecular weight is 406 g/mol. The second-order valence-corrected chi connectivity index (χ2v) is 7.41. The summed E-state index contributed by atoms with van der Waals surface area (Å²) in [5.41, 5.74) is 0.454. The smallest absolute Gasteiger partial charge is 0.311 e. The maximum Gasteiger partial charge on any atom is 0.311 e. The summed E-state index contributed by atoms with van der Waals surface area (Å²) in [6, 6.07) is 17.5. The number of hydrogen-bond donors (Lipinski definition) is 1. The number of rotatable bonds is 4. The van der Waals surface area contributed by atoms with Gasteiger partial charge in [-0.1, -0.05) is 48.5 Å². The Balaban J connectivity index is 1.61. The van der Waals surface area contributed by atoms with Crippen molar-refractivity contribution in [3.05, 3.63) is 86.8 Å². The van der Waals surface area contributed by atoms with Crippen molar-refractivity contribution in [2.75, 3.05) is 0 Å². The molecule has 1 aliphatic rings. The number of phenols is 1. The first-order valence-corrected chi connectivity index (χ1v) is 9.45. The Bertz CT molecular complexity index is 1200. The number of aromatic hydroxyl groups is 1. The van der Waals surface area contributed by atoms with Gasteiger partial charge in [-0.2, -0.15) is 0 Å². The zero-order chi connectivity index (χ0) is 20.5. The van der Waals surface area contributed by atoms with Crippen LogP contribution in [0.1, 0.15) is 11.1 Å². The van der Waals surface area contributed by atoms with Gasteiger partial charge in [0.05, 0.1) is 16.4 Å². The largest absolute Gasteiger partial charge is 0.502 e. The normalized spacial score (nSPS) is 15.4. The number of nitrogens with zero attached hydrogens (tertiary/aromatic N) is 2. The van der Waals surface area contributed by atoms with Crippen molar-refractivity contribution in [2.45, 2.75) is 6.54 Å². The predicted octanol–water partition coefficient (Wildman–Crippen LogP) is 4.69. The van der Waals surface area contributed by atoms with Crippen LogP contribution in [0.2, 0.25) is 0 Å². The number of imide groups is 1. The minimum atomic E-state index is -0.710. The van der Waals surface area contributed by atoms with Crippen molar-refractivity contribution in [3.63, 3.8) is 0 Å². The number of thioether (sulfide) groups is 1. The molecule has 0 spiro atoms. The topological polar surface area (TPSA) is 101 Å². The molecule has 8 heteroatoms. The maximum atomic E-state index is 12.7. The van der Waals surface area contributed by atoms with Gasteiger partial charge in [-0.05, 0) is 40.2 Å². The number of benzene rings is 3. The molecule has 144 valence electrons. The number of phenolic OH excluding ortho intramolecular Hbond substituents is 1. The second kappa shape index (κ2) is 7.40. The molecule has 0 atom stereocenters. The molecular weight excluding hydrogens is 392 g/mol. The van der Waals surface area contributed by atoms with E-state index in [1.54, 1.807) is 0 Å². The highest BCUT2D eigenvalue weighted by Crippen LogP contribution is 2.37. The molecular formula is C21H14N2O5S. The average Bonchev–Trinajstić information content (AvgIpc) is 2.96. The molecule has 1 fully saturated rings. The van der Waals surface area contributed by atoms with Crippen LogP contribution in [0.25, 0.3) is 16.8 Å². The van der Waals surface area contributed by atoms with Crippen molar-refractivity contribution < 1.29 is 19.6 Å². The van der Waals surface area contributed by atoms with E-state index >= 15 is 0 Å². The Hall–Kier alpha value is -3.65. The minimum absolute atomic E-state index is 0.103. The van der Waals surface area contributed by atoms with Crippen LogP contribution in [-0.4, -0.2) is 26.1 Å². The molecule has 3 aromatic rings. The fourth-order valence-corrected chi connectivity index (χ4v) is 3.94. The molecule has 7 nitrogen and oxygen atoms in total. The van der Waals surface area contributed by atoms with Crippen LogP contribution in [-0.2, 0) is 11.3 Å². The van der Waals surface area contributed by atoms with Gasteiger partial charge in [-0.25, -0.2) is 0 Å². The Kier molecular flexibility index (Phi) is 4.77. The Labute approximate surface area is 169 Å². The first-order valence-electron chi connectivity index (χ1n) is 8.63. The number of hydrogen-bond acceptors (Lipinski definition) is 6. The molecule has 29 heavy (non-hydrogen) atoms. The van der Waals surface area contributed by atoms with Gasteiger partial charge in [-0.3, -0.25) is 24.6 Å². The van der Waals surface area contributed by atoms with E-state index in [2.05, 4.69) is 0 Å². The third-order valence-electron chi connectivity index (χ3n) is 4.56. The van der Waals surface area contributed by atoms with Crippen LogP contribution in [0.3, 0.4) is 0 Å². The number of para-hydroxylation sites is 1. The molecule has 3 aromatic carbocycles. The van der Waals surface area contributed by atoms with Crippen LogP contribution in [0.15, 0.2) is 65.6 Å². The van der Waals surface area contributed by atoms with Gasteiger partial charge in [0.25, 0.3) is 11.1 Å². The number of fused-ring (bicyclic) bond motifs is 1. The van der Waals surface area contributed by atoms with Gasteiger partial charge in [-0.15, -0.1) is 0 Å². The van der Waals surface area contributed by atoms with Gasteiger partial charge in [0.1, 0.15) is 0 Å². The Morgan fingerprint density at radius 1 is 1.03 bits per heavy atom. The van der Waals surface area contributed by atoms with E-state index < -0.39 is 27.5 Å². The van der Waals surface area contributed by atoms with Crippen molar-refractivity contribution in [1.29, 1.82) is 0 Å². The van der Waals surface area contributed by atoms with E-state index in [9.17, 15) is 24.8 Å². The molecule has 2 amide bonds. The summed E-state index contributed by atoms with van der Waals surface area (Å²) in [6.45, 7) is 0.119. The zero-order valence-corrected chi connectivity index (χ0v) is 15.8. The van der Waals surface area contributed by atoms with Crippen LogP contribution in [0.5, 0.6) is 5.75 Å². The SMILES string of the molecule is O=C1S/C(=C\c2cccc([N+](=O)[O-])c2O)C(=O)N1Cc1ccc2ccccc2c1. The van der Waals surface area contributed by atoms with Gasteiger partial charge >= 0.3 is 5.69 Å². The second-order valence-electron chi connectivity index (χ2n) is 6.42. The standard InChI is InChI=1S/C21H14N2O5S/c24-19-16(6-3-7-17(19)23(27)28)11-18-20(25)22(21(26)29-18)12-13-8-9-14-4-1-2-5-15(14)10-13/h1-11,24H,12H2/b18-11-. The van der Waals surface area contributed by atoms with Crippen molar-refractivity contribution in [3.8, 4) is 5.75 Å². The van der Waals surface area contributed by atoms with E-state index in [0.29, 0.717) is 0 Å². The summed E-state index contributed by atoms with van der Waals surface area (Å²) in [7, 11) is 0. The molecule has 0 radical (unpaired) electrons. The summed E-state index contributed by atoms with van der Waals surface area (Å²) < 4.78 is 0. The van der Waals surface area contributed by atoms with Crippen molar-refractivity contribution in [2.24, 2.45) is 0 Å². The lowest BCUT2D eigenvalue weighted by atomic mass is 10.1. The number of nitro groups is 1. The quantitative estimate of drug-likeness (QED) is 0.383. The summed E-state index contributed by atoms with van der Waals surface area (Å²) >= 11 is 0.740. The van der Waals surface area contributed by atoms with Crippen molar-refractivity contribution in [1.82, 2.24) is 4.90 Å². The van der Waals surface area contributed by atoms with E-state index in [1.807, 2.05) is 42.5 Å². The van der Waals surface area contributed by atoms with Crippen LogP contribution in [0, 0.1) is 10.1 Å². The molecule has 0 bridgehead atoms. The maximum absolute atomic E-state index is 12.7. The monoisotopic (exact) mass is 406 g/mol. The highest BCUT2D eigenvalue weighted by atomic mass is 32.2. The Morgan fingerprint density at radius 2 is 1.79 bits per heavy atom. The van der Waals surface area contributed by atoms with Gasteiger partial charge in [0.15, 0.2) is 0 Å². The molecule has 1 heterocycles.